The highest BCUT2D eigenvalue weighted by Gasteiger charge is 2.25. The smallest absolute Gasteiger partial charge is 0.336 e. The van der Waals surface area contributed by atoms with Crippen LogP contribution in [-0.2, 0) is 11.3 Å². The summed E-state index contributed by atoms with van der Waals surface area (Å²) in [6.45, 7) is 1.67. The zero-order valence-corrected chi connectivity index (χ0v) is 13.9. The van der Waals surface area contributed by atoms with Gasteiger partial charge in [0.05, 0.1) is 16.5 Å². The van der Waals surface area contributed by atoms with Crippen LogP contribution in [0.4, 0.5) is 0 Å². The molecule has 126 valence electrons. The molecule has 6 nitrogen and oxygen atoms in total. The van der Waals surface area contributed by atoms with Gasteiger partial charge in [0.1, 0.15) is 0 Å². The topological polar surface area (TPSA) is 79.7 Å². The van der Waals surface area contributed by atoms with Gasteiger partial charge in [0, 0.05) is 37.5 Å². The summed E-state index contributed by atoms with van der Waals surface area (Å²) in [5, 5.41) is 10.5. The van der Waals surface area contributed by atoms with Crippen molar-refractivity contribution in [2.75, 3.05) is 13.2 Å². The van der Waals surface area contributed by atoms with Gasteiger partial charge in [0.25, 0.3) is 5.91 Å². The quantitative estimate of drug-likeness (QED) is 0.870. The number of amides is 1. The summed E-state index contributed by atoms with van der Waals surface area (Å²) in [4.78, 5) is 30.0. The third-order valence-electron chi connectivity index (χ3n) is 3.92. The van der Waals surface area contributed by atoms with Gasteiger partial charge in [-0.3, -0.25) is 9.78 Å². The Morgan fingerprint density at radius 1 is 1.38 bits per heavy atom. The van der Waals surface area contributed by atoms with Crippen molar-refractivity contribution in [3.63, 3.8) is 0 Å². The molecule has 1 aliphatic rings. The molecule has 3 rings (SSSR count). The number of carboxylic acid groups (broad SMARTS) is 1. The molecule has 2 aromatic rings. The maximum absolute atomic E-state index is 12.8. The van der Waals surface area contributed by atoms with Gasteiger partial charge in [-0.15, -0.1) is 11.3 Å². The van der Waals surface area contributed by atoms with E-state index in [1.807, 2.05) is 12.1 Å². The number of hydrogen-bond donors (Lipinski definition) is 1. The van der Waals surface area contributed by atoms with Crippen LogP contribution in [0.15, 0.2) is 36.0 Å². The van der Waals surface area contributed by atoms with Gasteiger partial charge < -0.3 is 14.7 Å². The van der Waals surface area contributed by atoms with Crippen LogP contribution >= 0.6 is 11.3 Å². The van der Waals surface area contributed by atoms with E-state index in [0.717, 1.165) is 36.3 Å². The highest BCUT2D eigenvalue weighted by molar-refractivity contribution is 7.12. The fraction of sp³-hybridized carbons (Fsp3) is 0.353. The minimum Gasteiger partial charge on any atom is -0.478 e. The Morgan fingerprint density at radius 3 is 2.79 bits per heavy atom. The maximum atomic E-state index is 12.8. The molecule has 0 aliphatic carbocycles. The average molecular weight is 346 g/mol. The van der Waals surface area contributed by atoms with E-state index in [1.54, 1.807) is 17.3 Å². The lowest BCUT2D eigenvalue weighted by Crippen LogP contribution is -2.36. The first-order valence-corrected chi connectivity index (χ1v) is 8.63. The molecule has 1 fully saturated rings. The fourth-order valence-electron chi connectivity index (χ4n) is 2.68. The monoisotopic (exact) mass is 346 g/mol. The van der Waals surface area contributed by atoms with Crippen molar-refractivity contribution in [1.29, 1.82) is 0 Å². The van der Waals surface area contributed by atoms with Crippen LogP contribution in [0.2, 0.25) is 0 Å². The number of carbonyl (C=O) groups excluding carboxylic acids is 1. The summed E-state index contributed by atoms with van der Waals surface area (Å²) in [6, 6.07) is 5.17. The number of nitrogens with zero attached hydrogens (tertiary/aromatic N) is 2. The SMILES string of the molecule is O=C(O)c1csc(C(=O)N(Cc2ccncc2)CC2CCCO2)c1. The number of rotatable bonds is 6. The van der Waals surface area contributed by atoms with Gasteiger partial charge in [0.15, 0.2) is 0 Å². The standard InChI is InChI=1S/C17H18N2O4S/c20-16(15-8-13(11-24-15)17(21)22)19(10-14-2-1-7-23-14)9-12-3-5-18-6-4-12/h3-6,8,11,14H,1-2,7,9-10H2,(H,21,22). The van der Waals surface area contributed by atoms with E-state index in [-0.39, 0.29) is 17.6 Å². The Labute approximate surface area is 143 Å². The molecule has 1 atom stereocenters. The van der Waals surface area contributed by atoms with E-state index in [0.29, 0.717) is 18.0 Å². The van der Waals surface area contributed by atoms with E-state index in [2.05, 4.69) is 4.98 Å². The Balaban J connectivity index is 1.78. The normalized spacial score (nSPS) is 16.9. The van der Waals surface area contributed by atoms with Crippen molar-refractivity contribution in [3.05, 3.63) is 52.0 Å². The van der Waals surface area contributed by atoms with Gasteiger partial charge in [0.2, 0.25) is 0 Å². The summed E-state index contributed by atoms with van der Waals surface area (Å²) in [7, 11) is 0. The van der Waals surface area contributed by atoms with E-state index in [4.69, 9.17) is 9.84 Å². The van der Waals surface area contributed by atoms with Gasteiger partial charge in [-0.1, -0.05) is 0 Å². The minimum atomic E-state index is -1.02. The first kappa shape index (κ1) is 16.6. The second kappa shape index (κ2) is 7.55. The van der Waals surface area contributed by atoms with Crippen molar-refractivity contribution in [2.45, 2.75) is 25.5 Å². The highest BCUT2D eigenvalue weighted by atomic mass is 32.1. The predicted octanol–water partition coefficient (Wildman–Crippen LogP) is 2.66. The largest absolute Gasteiger partial charge is 0.478 e. The molecule has 0 bridgehead atoms. The highest BCUT2D eigenvalue weighted by Crippen LogP contribution is 2.21. The lowest BCUT2D eigenvalue weighted by Gasteiger charge is -2.25. The molecule has 0 radical (unpaired) electrons. The van der Waals surface area contributed by atoms with Crippen molar-refractivity contribution in [1.82, 2.24) is 9.88 Å². The molecule has 1 aliphatic heterocycles. The fourth-order valence-corrected chi connectivity index (χ4v) is 3.53. The first-order chi connectivity index (χ1) is 11.6. The van der Waals surface area contributed by atoms with Crippen LogP contribution in [0.1, 0.15) is 38.4 Å². The molecule has 24 heavy (non-hydrogen) atoms. The summed E-state index contributed by atoms with van der Waals surface area (Å²) in [5.74, 6) is -1.19. The van der Waals surface area contributed by atoms with E-state index >= 15 is 0 Å². The molecule has 1 unspecified atom stereocenters. The van der Waals surface area contributed by atoms with Gasteiger partial charge in [-0.25, -0.2) is 4.79 Å². The Kier molecular flexibility index (Phi) is 5.22. The van der Waals surface area contributed by atoms with Crippen LogP contribution < -0.4 is 0 Å². The summed E-state index contributed by atoms with van der Waals surface area (Å²) in [6.07, 6.45) is 5.36. The molecule has 1 saturated heterocycles. The molecular weight excluding hydrogens is 328 g/mol. The predicted molar refractivity (Wildman–Crippen MR) is 89.2 cm³/mol. The molecule has 1 amide bonds. The van der Waals surface area contributed by atoms with Gasteiger partial charge >= 0.3 is 5.97 Å². The molecule has 2 aromatic heterocycles. The number of ether oxygens (including phenoxy) is 1. The Morgan fingerprint density at radius 2 is 2.17 bits per heavy atom. The lowest BCUT2D eigenvalue weighted by molar-refractivity contribution is 0.0511. The summed E-state index contributed by atoms with van der Waals surface area (Å²) in [5.41, 5.74) is 1.12. The number of carbonyl (C=O) groups is 2. The van der Waals surface area contributed by atoms with Gasteiger partial charge in [-0.05, 0) is 36.6 Å². The van der Waals surface area contributed by atoms with Crippen LogP contribution in [-0.4, -0.2) is 46.1 Å². The van der Waals surface area contributed by atoms with E-state index < -0.39 is 5.97 Å². The van der Waals surface area contributed by atoms with Crippen LogP contribution in [0.5, 0.6) is 0 Å². The number of aromatic carboxylic acids is 1. The molecule has 0 saturated carbocycles. The number of pyridine rings is 1. The number of hydrogen-bond acceptors (Lipinski definition) is 5. The van der Waals surface area contributed by atoms with Crippen molar-refractivity contribution >= 4 is 23.2 Å². The summed E-state index contributed by atoms with van der Waals surface area (Å²) >= 11 is 1.16. The summed E-state index contributed by atoms with van der Waals surface area (Å²) < 4.78 is 5.65. The number of aromatic nitrogens is 1. The van der Waals surface area contributed by atoms with E-state index in [9.17, 15) is 9.59 Å². The molecule has 1 N–H and O–H groups in total. The zero-order chi connectivity index (χ0) is 16.9. The maximum Gasteiger partial charge on any atom is 0.336 e. The molecule has 7 heteroatoms. The molecule has 0 aromatic carbocycles. The molecule has 3 heterocycles. The first-order valence-electron chi connectivity index (χ1n) is 7.75. The minimum absolute atomic E-state index is 0.0368. The Hall–Kier alpha value is -2.25. The number of carboxylic acids is 1. The van der Waals surface area contributed by atoms with Crippen molar-refractivity contribution in [2.24, 2.45) is 0 Å². The molecular formula is C17H18N2O4S. The van der Waals surface area contributed by atoms with E-state index in [1.165, 1.54) is 11.4 Å². The Bertz CT molecular complexity index is 710. The third-order valence-corrected chi connectivity index (χ3v) is 4.83. The second-order valence-corrected chi connectivity index (χ2v) is 6.59. The van der Waals surface area contributed by atoms with Crippen LogP contribution in [0, 0.1) is 0 Å². The zero-order valence-electron chi connectivity index (χ0n) is 13.1. The lowest BCUT2D eigenvalue weighted by atomic mass is 10.2. The third kappa shape index (κ3) is 3.98. The van der Waals surface area contributed by atoms with Gasteiger partial charge in [-0.2, -0.15) is 0 Å². The average Bonchev–Trinajstić information content (AvgIpc) is 3.26. The van der Waals surface area contributed by atoms with Crippen molar-refractivity contribution in [3.8, 4) is 0 Å². The number of thiophene rings is 1. The van der Waals surface area contributed by atoms with Crippen LogP contribution in [0.25, 0.3) is 0 Å². The molecule has 0 spiro atoms. The second-order valence-electron chi connectivity index (χ2n) is 5.68. The van der Waals surface area contributed by atoms with Crippen LogP contribution in [0.3, 0.4) is 0 Å². The van der Waals surface area contributed by atoms with Crippen molar-refractivity contribution < 1.29 is 19.4 Å².